The zero-order valence-corrected chi connectivity index (χ0v) is 15.6. The van der Waals surface area contributed by atoms with E-state index in [0.29, 0.717) is 0 Å². The van der Waals surface area contributed by atoms with Gasteiger partial charge in [-0.3, -0.25) is 4.99 Å². The lowest BCUT2D eigenvalue weighted by Crippen LogP contribution is -2.07. The summed E-state index contributed by atoms with van der Waals surface area (Å²) < 4.78 is 0. The minimum absolute atomic E-state index is 0.0460. The van der Waals surface area contributed by atoms with E-state index in [1.54, 1.807) is 0 Å². The van der Waals surface area contributed by atoms with Crippen molar-refractivity contribution in [2.24, 2.45) is 15.8 Å². The molecule has 2 aliphatic rings. The van der Waals surface area contributed by atoms with Gasteiger partial charge in [-0.2, -0.15) is 0 Å². The first-order valence-corrected chi connectivity index (χ1v) is 8.41. The third-order valence-corrected chi connectivity index (χ3v) is 3.10. The summed E-state index contributed by atoms with van der Waals surface area (Å²) >= 11 is 0. The highest BCUT2D eigenvalue weighted by molar-refractivity contribution is 5.87. The molecule has 0 saturated carbocycles. The molecule has 0 saturated heterocycles. The van der Waals surface area contributed by atoms with Crippen LogP contribution in [0.3, 0.4) is 0 Å². The standard InChI is InChI=1S/C17H21N.2C2H6/c1-16(2)8-6-5-7-14(11-16)15-12-17(3,4)9-10-18-13-15;2*1-2/h5-13H,1-4H3;2*1-2H3. The highest BCUT2D eigenvalue weighted by Gasteiger charge is 2.17. The normalized spacial score (nSPS) is 20.4. The van der Waals surface area contributed by atoms with Crippen LogP contribution in [0.2, 0.25) is 0 Å². The van der Waals surface area contributed by atoms with Crippen molar-refractivity contribution in [1.82, 2.24) is 0 Å². The largest absolute Gasteiger partial charge is 0.264 e. The average molecular weight is 300 g/mol. The third kappa shape index (κ3) is 6.89. The smallest absolute Gasteiger partial charge is 0.0343 e. The lowest BCUT2D eigenvalue weighted by atomic mass is 9.86. The molecule has 1 nitrogen and oxygen atoms in total. The molecule has 1 aliphatic heterocycles. The van der Waals surface area contributed by atoms with Gasteiger partial charge in [0, 0.05) is 23.2 Å². The van der Waals surface area contributed by atoms with Crippen LogP contribution in [0.4, 0.5) is 0 Å². The van der Waals surface area contributed by atoms with Crippen LogP contribution in [0, 0.1) is 10.8 Å². The minimum Gasteiger partial charge on any atom is -0.264 e. The fourth-order valence-corrected chi connectivity index (χ4v) is 2.14. The van der Waals surface area contributed by atoms with E-state index in [-0.39, 0.29) is 10.8 Å². The molecule has 2 rings (SSSR count). The van der Waals surface area contributed by atoms with E-state index in [1.807, 2.05) is 40.1 Å². The van der Waals surface area contributed by atoms with Gasteiger partial charge < -0.3 is 0 Å². The summed E-state index contributed by atoms with van der Waals surface area (Å²) in [4.78, 5) is 4.33. The second-order valence-electron chi connectivity index (χ2n) is 6.15. The molecule has 0 radical (unpaired) electrons. The number of aliphatic imine (C=N–C) groups is 1. The first kappa shape index (κ1) is 20.4. The second-order valence-corrected chi connectivity index (χ2v) is 6.15. The van der Waals surface area contributed by atoms with Crippen LogP contribution < -0.4 is 0 Å². The molecule has 1 heterocycles. The molecule has 122 valence electrons. The zero-order chi connectivity index (χ0) is 17.2. The summed E-state index contributed by atoms with van der Waals surface area (Å²) in [6.45, 7) is 16.8. The Labute approximate surface area is 137 Å². The van der Waals surface area contributed by atoms with E-state index in [1.165, 1.54) is 11.1 Å². The summed E-state index contributed by atoms with van der Waals surface area (Å²) in [5.74, 6) is 0. The fourth-order valence-electron chi connectivity index (χ4n) is 2.14. The van der Waals surface area contributed by atoms with Gasteiger partial charge in [0.2, 0.25) is 0 Å². The van der Waals surface area contributed by atoms with Crippen molar-refractivity contribution < 1.29 is 0 Å². The molecular formula is C21H33N. The molecule has 0 aromatic rings. The first-order valence-electron chi connectivity index (χ1n) is 8.41. The second kappa shape index (κ2) is 9.40. The van der Waals surface area contributed by atoms with E-state index in [0.717, 1.165) is 0 Å². The van der Waals surface area contributed by atoms with Crippen molar-refractivity contribution in [2.45, 2.75) is 55.4 Å². The lowest BCUT2D eigenvalue weighted by molar-refractivity contribution is 0.618. The van der Waals surface area contributed by atoms with Gasteiger partial charge in [-0.25, -0.2) is 0 Å². The molecule has 0 aromatic carbocycles. The lowest BCUT2D eigenvalue weighted by Gasteiger charge is -2.18. The molecular weight excluding hydrogens is 266 g/mol. The molecule has 0 spiro atoms. The Bertz CT molecular complexity index is 458. The highest BCUT2D eigenvalue weighted by Crippen LogP contribution is 2.30. The third-order valence-electron chi connectivity index (χ3n) is 3.10. The molecule has 0 atom stereocenters. The summed E-state index contributed by atoms with van der Waals surface area (Å²) in [5.41, 5.74) is 2.56. The maximum Gasteiger partial charge on any atom is 0.0343 e. The summed E-state index contributed by atoms with van der Waals surface area (Å²) in [7, 11) is 0. The van der Waals surface area contributed by atoms with Gasteiger partial charge in [-0.05, 0) is 11.1 Å². The van der Waals surface area contributed by atoms with E-state index in [9.17, 15) is 0 Å². The fraction of sp³-hybridized carbons (Fsp3) is 0.476. The number of nitrogens with zero attached hydrogens (tertiary/aromatic N) is 1. The van der Waals surface area contributed by atoms with E-state index in [2.05, 4.69) is 75.2 Å². The molecule has 0 amide bonds. The molecule has 0 fully saturated rings. The Balaban J connectivity index is 0.00000102. The topological polar surface area (TPSA) is 12.4 Å². The Morgan fingerprint density at radius 3 is 1.91 bits per heavy atom. The predicted molar refractivity (Wildman–Crippen MR) is 102 cm³/mol. The average Bonchev–Trinajstić information content (AvgIpc) is 2.78. The quantitative estimate of drug-likeness (QED) is 0.513. The number of allylic oxidation sites excluding steroid dienone is 9. The molecule has 0 N–H and O–H groups in total. The number of rotatable bonds is 1. The van der Waals surface area contributed by atoms with Crippen molar-refractivity contribution in [3.05, 3.63) is 59.9 Å². The van der Waals surface area contributed by atoms with Crippen molar-refractivity contribution in [1.29, 1.82) is 0 Å². The summed E-state index contributed by atoms with van der Waals surface area (Å²) in [6, 6.07) is 0. The molecule has 0 unspecified atom stereocenters. The van der Waals surface area contributed by atoms with Crippen LogP contribution >= 0.6 is 0 Å². The predicted octanol–water partition coefficient (Wildman–Crippen LogP) is 6.67. The van der Waals surface area contributed by atoms with Crippen LogP contribution in [-0.2, 0) is 0 Å². The SMILES string of the molecule is CC.CC.CC1(C)C=CC=CC(C2=CC(C)(C)C=CN=C2)=C1. The summed E-state index contributed by atoms with van der Waals surface area (Å²) in [6.07, 6.45) is 19.1. The first-order chi connectivity index (χ1) is 10.4. The van der Waals surface area contributed by atoms with Gasteiger partial charge in [-0.15, -0.1) is 0 Å². The molecule has 22 heavy (non-hydrogen) atoms. The molecule has 0 aromatic heterocycles. The van der Waals surface area contributed by atoms with E-state index in [4.69, 9.17) is 0 Å². The molecule has 0 bridgehead atoms. The molecule has 1 aliphatic carbocycles. The Morgan fingerprint density at radius 2 is 1.27 bits per heavy atom. The van der Waals surface area contributed by atoms with Crippen LogP contribution in [-0.4, -0.2) is 6.21 Å². The van der Waals surface area contributed by atoms with Crippen LogP contribution in [0.5, 0.6) is 0 Å². The van der Waals surface area contributed by atoms with Gasteiger partial charge >= 0.3 is 0 Å². The number of hydrogen-bond acceptors (Lipinski definition) is 1. The van der Waals surface area contributed by atoms with Gasteiger partial charge in [0.25, 0.3) is 0 Å². The Hall–Kier alpha value is -1.63. The van der Waals surface area contributed by atoms with Gasteiger partial charge in [0.15, 0.2) is 0 Å². The molecule has 1 heteroatoms. The highest BCUT2D eigenvalue weighted by atomic mass is 14.7. The number of hydrogen-bond donors (Lipinski definition) is 0. The maximum absolute atomic E-state index is 4.33. The maximum atomic E-state index is 4.33. The minimum atomic E-state index is 0.0460. The van der Waals surface area contributed by atoms with Crippen molar-refractivity contribution >= 4 is 6.21 Å². The van der Waals surface area contributed by atoms with Crippen molar-refractivity contribution in [3.63, 3.8) is 0 Å². The Morgan fingerprint density at radius 1 is 0.727 bits per heavy atom. The monoisotopic (exact) mass is 299 g/mol. The summed E-state index contributed by atoms with van der Waals surface area (Å²) in [5, 5.41) is 0. The van der Waals surface area contributed by atoms with Gasteiger partial charge in [-0.1, -0.05) is 97.9 Å². The van der Waals surface area contributed by atoms with Crippen molar-refractivity contribution in [3.8, 4) is 0 Å². The Kier molecular flexibility index (Phi) is 8.70. The van der Waals surface area contributed by atoms with Crippen LogP contribution in [0.15, 0.2) is 64.9 Å². The van der Waals surface area contributed by atoms with E-state index < -0.39 is 0 Å². The van der Waals surface area contributed by atoms with Crippen LogP contribution in [0.25, 0.3) is 0 Å². The zero-order valence-electron chi connectivity index (χ0n) is 15.6. The van der Waals surface area contributed by atoms with E-state index >= 15 is 0 Å². The van der Waals surface area contributed by atoms with Gasteiger partial charge in [0.1, 0.15) is 0 Å². The van der Waals surface area contributed by atoms with Gasteiger partial charge in [0.05, 0.1) is 0 Å². The van der Waals surface area contributed by atoms with Crippen LogP contribution in [0.1, 0.15) is 55.4 Å². The van der Waals surface area contributed by atoms with Crippen molar-refractivity contribution in [2.75, 3.05) is 0 Å².